The maximum Gasteiger partial charge on any atom is 0.274 e. The molecule has 108 valence electrons. The van der Waals surface area contributed by atoms with Gasteiger partial charge < -0.3 is 15.1 Å². The Morgan fingerprint density at radius 3 is 2.65 bits per heavy atom. The van der Waals surface area contributed by atoms with Gasteiger partial charge in [0.15, 0.2) is 0 Å². The average Bonchev–Trinajstić information content (AvgIpc) is 2.46. The van der Waals surface area contributed by atoms with Gasteiger partial charge >= 0.3 is 0 Å². The lowest BCUT2D eigenvalue weighted by Gasteiger charge is -2.38. The topological polar surface area (TPSA) is 78.4 Å². The lowest BCUT2D eigenvalue weighted by atomic mass is 10.1. The van der Waals surface area contributed by atoms with Gasteiger partial charge in [-0.2, -0.15) is 0 Å². The standard InChI is InChI=1S/C13H19N5O2/c1-9-6-16-10(7-15-9)13(20)18-5-4-17(3)8-11(18)12(19)14-2/h6-7,11H,4-5,8H2,1-3H3,(H,14,19)/t11-/m1/s1. The molecule has 1 aromatic rings. The smallest absolute Gasteiger partial charge is 0.274 e. The Morgan fingerprint density at radius 2 is 2.05 bits per heavy atom. The summed E-state index contributed by atoms with van der Waals surface area (Å²) in [5.74, 6) is -0.413. The zero-order chi connectivity index (χ0) is 14.7. The monoisotopic (exact) mass is 277 g/mol. The highest BCUT2D eigenvalue weighted by Gasteiger charge is 2.34. The normalized spacial score (nSPS) is 19.8. The summed E-state index contributed by atoms with van der Waals surface area (Å²) in [6, 6.07) is -0.491. The third-order valence-electron chi connectivity index (χ3n) is 3.39. The van der Waals surface area contributed by atoms with Crippen LogP contribution in [0.5, 0.6) is 0 Å². The van der Waals surface area contributed by atoms with Gasteiger partial charge in [0.2, 0.25) is 5.91 Å². The third kappa shape index (κ3) is 2.93. The van der Waals surface area contributed by atoms with Gasteiger partial charge in [-0.05, 0) is 14.0 Å². The van der Waals surface area contributed by atoms with Gasteiger partial charge in [0.1, 0.15) is 11.7 Å². The summed E-state index contributed by atoms with van der Waals surface area (Å²) in [6.07, 6.45) is 3.01. The highest BCUT2D eigenvalue weighted by atomic mass is 16.2. The van der Waals surface area contributed by atoms with Gasteiger partial charge in [0.25, 0.3) is 5.91 Å². The molecule has 0 aromatic carbocycles. The molecule has 0 unspecified atom stereocenters. The molecule has 0 spiro atoms. The Morgan fingerprint density at radius 1 is 1.30 bits per heavy atom. The molecule has 2 amide bonds. The SMILES string of the molecule is CNC(=O)[C@H]1CN(C)CCN1C(=O)c1cnc(C)cn1. The second-order valence-electron chi connectivity index (χ2n) is 4.93. The fourth-order valence-corrected chi connectivity index (χ4v) is 2.20. The minimum atomic E-state index is -0.491. The second-order valence-corrected chi connectivity index (χ2v) is 4.93. The predicted molar refractivity (Wildman–Crippen MR) is 73.2 cm³/mol. The maximum atomic E-state index is 12.5. The average molecular weight is 277 g/mol. The molecule has 2 heterocycles. The molecule has 1 fully saturated rings. The van der Waals surface area contributed by atoms with Crippen molar-refractivity contribution >= 4 is 11.8 Å². The van der Waals surface area contributed by atoms with Crippen molar-refractivity contribution < 1.29 is 9.59 Å². The van der Waals surface area contributed by atoms with Gasteiger partial charge in [-0.15, -0.1) is 0 Å². The van der Waals surface area contributed by atoms with Crippen molar-refractivity contribution in [1.82, 2.24) is 25.1 Å². The fraction of sp³-hybridized carbons (Fsp3) is 0.538. The molecule has 1 aliphatic heterocycles. The van der Waals surface area contributed by atoms with Crippen molar-refractivity contribution in [2.24, 2.45) is 0 Å². The number of rotatable bonds is 2. The number of carbonyl (C=O) groups excluding carboxylic acids is 2. The Labute approximate surface area is 118 Å². The molecule has 1 saturated heterocycles. The van der Waals surface area contributed by atoms with E-state index in [1.54, 1.807) is 18.1 Å². The Hall–Kier alpha value is -2.02. The number of carbonyl (C=O) groups is 2. The summed E-state index contributed by atoms with van der Waals surface area (Å²) in [7, 11) is 3.51. The van der Waals surface area contributed by atoms with E-state index in [2.05, 4.69) is 15.3 Å². The number of aryl methyl sites for hydroxylation is 1. The van der Waals surface area contributed by atoms with E-state index in [0.717, 1.165) is 12.2 Å². The number of nitrogens with zero attached hydrogens (tertiary/aromatic N) is 4. The molecule has 1 aromatic heterocycles. The van der Waals surface area contributed by atoms with Crippen molar-refractivity contribution in [3.63, 3.8) is 0 Å². The van der Waals surface area contributed by atoms with Crippen LogP contribution in [0.25, 0.3) is 0 Å². The molecule has 7 heteroatoms. The lowest BCUT2D eigenvalue weighted by molar-refractivity contribution is -0.126. The largest absolute Gasteiger partial charge is 0.357 e. The van der Waals surface area contributed by atoms with Crippen LogP contribution in [0.3, 0.4) is 0 Å². The molecule has 1 aliphatic rings. The lowest BCUT2D eigenvalue weighted by Crippen LogP contribution is -2.59. The zero-order valence-corrected chi connectivity index (χ0v) is 12.0. The summed E-state index contributed by atoms with van der Waals surface area (Å²) in [5.41, 5.74) is 1.02. The van der Waals surface area contributed by atoms with Crippen molar-refractivity contribution in [2.45, 2.75) is 13.0 Å². The van der Waals surface area contributed by atoms with E-state index < -0.39 is 6.04 Å². The molecule has 7 nitrogen and oxygen atoms in total. The van der Waals surface area contributed by atoms with E-state index in [-0.39, 0.29) is 17.5 Å². The van der Waals surface area contributed by atoms with Crippen LogP contribution in [-0.4, -0.2) is 71.4 Å². The van der Waals surface area contributed by atoms with E-state index >= 15 is 0 Å². The number of hydrogen-bond donors (Lipinski definition) is 1. The Kier molecular flexibility index (Phi) is 4.29. The second kappa shape index (κ2) is 5.96. The fourth-order valence-electron chi connectivity index (χ4n) is 2.20. The summed E-state index contributed by atoms with van der Waals surface area (Å²) < 4.78 is 0. The highest BCUT2D eigenvalue weighted by molar-refractivity contribution is 5.96. The van der Waals surface area contributed by atoms with Gasteiger partial charge in [-0.25, -0.2) is 4.98 Å². The zero-order valence-electron chi connectivity index (χ0n) is 12.0. The molecule has 1 N–H and O–H groups in total. The number of likely N-dealkylation sites (N-methyl/N-ethyl adjacent to an activating group) is 2. The van der Waals surface area contributed by atoms with Crippen LogP contribution in [0.2, 0.25) is 0 Å². The minimum Gasteiger partial charge on any atom is -0.357 e. The van der Waals surface area contributed by atoms with Crippen LogP contribution in [0.4, 0.5) is 0 Å². The van der Waals surface area contributed by atoms with Crippen molar-refractivity contribution in [3.8, 4) is 0 Å². The van der Waals surface area contributed by atoms with Gasteiger partial charge in [-0.1, -0.05) is 0 Å². The number of amides is 2. The molecule has 0 aliphatic carbocycles. The summed E-state index contributed by atoms with van der Waals surface area (Å²) >= 11 is 0. The quantitative estimate of drug-likeness (QED) is 0.772. The molecular formula is C13H19N5O2. The predicted octanol–water partition coefficient (Wildman–Crippen LogP) is -0.713. The number of aromatic nitrogens is 2. The molecule has 0 saturated carbocycles. The van der Waals surface area contributed by atoms with E-state index in [4.69, 9.17) is 0 Å². The summed E-state index contributed by atoms with van der Waals surface area (Å²) in [4.78, 5) is 36.2. The molecule has 20 heavy (non-hydrogen) atoms. The molecule has 0 bridgehead atoms. The molecular weight excluding hydrogens is 258 g/mol. The number of piperazine rings is 1. The van der Waals surface area contributed by atoms with Crippen LogP contribution in [0.1, 0.15) is 16.2 Å². The first kappa shape index (κ1) is 14.4. The molecule has 2 rings (SSSR count). The van der Waals surface area contributed by atoms with Crippen molar-refractivity contribution in [1.29, 1.82) is 0 Å². The Bertz CT molecular complexity index is 502. The first-order chi connectivity index (χ1) is 9.52. The summed E-state index contributed by atoms with van der Waals surface area (Å²) in [6.45, 7) is 3.57. The van der Waals surface area contributed by atoms with E-state index in [1.807, 2.05) is 18.9 Å². The molecule has 1 atom stereocenters. The van der Waals surface area contributed by atoms with Gasteiger partial charge in [0, 0.05) is 32.9 Å². The number of hydrogen-bond acceptors (Lipinski definition) is 5. The van der Waals surface area contributed by atoms with Gasteiger partial charge in [0.05, 0.1) is 11.9 Å². The third-order valence-corrected chi connectivity index (χ3v) is 3.39. The van der Waals surface area contributed by atoms with Crippen LogP contribution in [0.15, 0.2) is 12.4 Å². The number of nitrogens with one attached hydrogen (secondary N) is 1. The first-order valence-corrected chi connectivity index (χ1v) is 6.52. The minimum absolute atomic E-state index is 0.162. The van der Waals surface area contributed by atoms with Crippen LogP contribution in [0, 0.1) is 6.92 Å². The van der Waals surface area contributed by atoms with E-state index in [1.165, 1.54) is 6.20 Å². The van der Waals surface area contributed by atoms with E-state index in [9.17, 15) is 9.59 Å². The van der Waals surface area contributed by atoms with Crippen LogP contribution in [-0.2, 0) is 4.79 Å². The van der Waals surface area contributed by atoms with Crippen molar-refractivity contribution in [3.05, 3.63) is 23.8 Å². The Balaban J connectivity index is 2.21. The van der Waals surface area contributed by atoms with Crippen LogP contribution < -0.4 is 5.32 Å². The van der Waals surface area contributed by atoms with Crippen molar-refractivity contribution in [2.75, 3.05) is 33.7 Å². The van der Waals surface area contributed by atoms with E-state index in [0.29, 0.717) is 13.1 Å². The van der Waals surface area contributed by atoms with Gasteiger partial charge in [-0.3, -0.25) is 14.6 Å². The molecule has 0 radical (unpaired) electrons. The van der Waals surface area contributed by atoms with Crippen LogP contribution >= 0.6 is 0 Å². The summed E-state index contributed by atoms with van der Waals surface area (Å²) in [5, 5.41) is 2.61. The highest BCUT2D eigenvalue weighted by Crippen LogP contribution is 2.12. The first-order valence-electron chi connectivity index (χ1n) is 6.52. The maximum absolute atomic E-state index is 12.5.